The van der Waals surface area contributed by atoms with Crippen LogP contribution in [0, 0.1) is 11.8 Å². The van der Waals surface area contributed by atoms with Crippen molar-refractivity contribution < 1.29 is 19.4 Å². The van der Waals surface area contributed by atoms with Gasteiger partial charge in [-0.15, -0.1) is 0 Å². The van der Waals surface area contributed by atoms with E-state index in [9.17, 15) is 14.7 Å². The van der Waals surface area contributed by atoms with Crippen LogP contribution in [0.25, 0.3) is 0 Å². The highest BCUT2D eigenvalue weighted by Crippen LogP contribution is 2.16. The second-order valence-electron chi connectivity index (χ2n) is 6.67. The molecule has 2 amide bonds. The molecular weight excluding hydrogens is 296 g/mol. The predicted molar refractivity (Wildman–Crippen MR) is 88.6 cm³/mol. The number of hydrogen-bond acceptors (Lipinski definition) is 4. The van der Waals surface area contributed by atoms with Crippen LogP contribution in [0.3, 0.4) is 0 Å². The van der Waals surface area contributed by atoms with Gasteiger partial charge in [0.2, 0.25) is 11.8 Å². The molecule has 0 bridgehead atoms. The summed E-state index contributed by atoms with van der Waals surface area (Å²) in [5.74, 6) is -0.373. The fraction of sp³-hybridized carbons (Fsp3) is 0.882. The lowest BCUT2D eigenvalue weighted by atomic mass is 9.95. The van der Waals surface area contributed by atoms with E-state index in [1.54, 1.807) is 0 Å². The minimum absolute atomic E-state index is 0.0256. The number of aliphatic hydroxyl groups excluding tert-OH is 1. The summed E-state index contributed by atoms with van der Waals surface area (Å²) in [6.45, 7) is 8.36. The van der Waals surface area contributed by atoms with Crippen molar-refractivity contribution >= 4 is 11.8 Å². The van der Waals surface area contributed by atoms with E-state index < -0.39 is 18.4 Å². The van der Waals surface area contributed by atoms with Gasteiger partial charge in [0.25, 0.3) is 0 Å². The molecule has 1 rings (SSSR count). The van der Waals surface area contributed by atoms with Crippen molar-refractivity contribution in [3.63, 3.8) is 0 Å². The molecule has 0 aliphatic carbocycles. The fourth-order valence-electron chi connectivity index (χ4n) is 2.90. The van der Waals surface area contributed by atoms with Gasteiger partial charge in [-0.3, -0.25) is 9.59 Å². The molecule has 1 aliphatic heterocycles. The molecule has 3 atom stereocenters. The lowest BCUT2D eigenvalue weighted by Gasteiger charge is -2.26. The largest absolute Gasteiger partial charge is 0.366 e. The van der Waals surface area contributed by atoms with E-state index in [-0.39, 0.29) is 23.7 Å². The zero-order valence-corrected chi connectivity index (χ0v) is 14.8. The molecule has 0 spiro atoms. The highest BCUT2D eigenvalue weighted by Gasteiger charge is 2.32. The van der Waals surface area contributed by atoms with Gasteiger partial charge in [-0.1, -0.05) is 40.5 Å². The van der Waals surface area contributed by atoms with Crippen molar-refractivity contribution in [2.75, 3.05) is 6.61 Å². The van der Waals surface area contributed by atoms with Crippen LogP contribution < -0.4 is 10.6 Å². The van der Waals surface area contributed by atoms with Crippen LogP contribution in [0.5, 0.6) is 0 Å². The molecule has 0 radical (unpaired) electrons. The monoisotopic (exact) mass is 328 g/mol. The SMILES string of the molecule is CCCC(CCC)C(=O)N[C@H](C(=O)N[C@H]1CCOC1O)C(C)C. The Morgan fingerprint density at radius 2 is 1.78 bits per heavy atom. The minimum atomic E-state index is -0.963. The number of aliphatic hydroxyl groups is 1. The summed E-state index contributed by atoms with van der Waals surface area (Å²) in [5, 5.41) is 15.3. The lowest BCUT2D eigenvalue weighted by Crippen LogP contribution is -2.54. The Balaban J connectivity index is 2.65. The molecular formula is C17H32N2O4. The van der Waals surface area contributed by atoms with Crippen molar-refractivity contribution in [1.29, 1.82) is 0 Å². The van der Waals surface area contributed by atoms with E-state index in [0.717, 1.165) is 25.7 Å². The highest BCUT2D eigenvalue weighted by molar-refractivity contribution is 5.88. The van der Waals surface area contributed by atoms with Gasteiger partial charge in [0.1, 0.15) is 6.04 Å². The van der Waals surface area contributed by atoms with Crippen molar-refractivity contribution in [2.45, 2.75) is 78.2 Å². The van der Waals surface area contributed by atoms with E-state index in [2.05, 4.69) is 24.5 Å². The quantitative estimate of drug-likeness (QED) is 0.599. The van der Waals surface area contributed by atoms with Crippen LogP contribution in [-0.2, 0) is 14.3 Å². The zero-order valence-electron chi connectivity index (χ0n) is 14.8. The number of nitrogens with one attached hydrogen (secondary N) is 2. The Morgan fingerprint density at radius 1 is 1.17 bits per heavy atom. The molecule has 0 aromatic rings. The number of hydrogen-bond donors (Lipinski definition) is 3. The summed E-state index contributed by atoms with van der Waals surface area (Å²) in [6, 6.07) is -0.991. The highest BCUT2D eigenvalue weighted by atomic mass is 16.6. The number of amides is 2. The first-order valence-corrected chi connectivity index (χ1v) is 8.81. The Morgan fingerprint density at radius 3 is 2.22 bits per heavy atom. The Labute approximate surface area is 139 Å². The zero-order chi connectivity index (χ0) is 17.4. The van der Waals surface area contributed by atoms with Crippen molar-refractivity contribution in [3.05, 3.63) is 0 Å². The Bertz CT molecular complexity index is 381. The molecule has 0 aromatic heterocycles. The smallest absolute Gasteiger partial charge is 0.243 e. The third-order valence-electron chi connectivity index (χ3n) is 4.28. The van der Waals surface area contributed by atoms with E-state index in [0.29, 0.717) is 13.0 Å². The summed E-state index contributed by atoms with van der Waals surface area (Å²) in [6.07, 6.45) is 3.18. The van der Waals surface area contributed by atoms with Crippen LogP contribution in [0.1, 0.15) is 59.8 Å². The number of ether oxygens (including phenoxy) is 1. The van der Waals surface area contributed by atoms with Gasteiger partial charge in [-0.2, -0.15) is 0 Å². The molecule has 3 N–H and O–H groups in total. The molecule has 1 fully saturated rings. The normalized spacial score (nSPS) is 22.4. The van der Waals surface area contributed by atoms with Crippen molar-refractivity contribution in [3.8, 4) is 0 Å². The molecule has 1 unspecified atom stereocenters. The summed E-state index contributed by atoms with van der Waals surface area (Å²) < 4.78 is 5.04. The van der Waals surface area contributed by atoms with Crippen LogP contribution in [-0.4, -0.2) is 41.9 Å². The van der Waals surface area contributed by atoms with Crippen molar-refractivity contribution in [1.82, 2.24) is 10.6 Å². The number of carbonyl (C=O) groups is 2. The first kappa shape index (κ1) is 19.9. The maximum atomic E-state index is 12.5. The lowest BCUT2D eigenvalue weighted by molar-refractivity contribution is -0.134. The van der Waals surface area contributed by atoms with Gasteiger partial charge in [-0.05, 0) is 25.2 Å². The first-order valence-electron chi connectivity index (χ1n) is 8.81. The Kier molecular flexibility index (Phi) is 8.55. The third kappa shape index (κ3) is 6.11. The molecule has 23 heavy (non-hydrogen) atoms. The average molecular weight is 328 g/mol. The molecule has 134 valence electrons. The fourth-order valence-corrected chi connectivity index (χ4v) is 2.90. The Hall–Kier alpha value is -1.14. The minimum Gasteiger partial charge on any atom is -0.366 e. The van der Waals surface area contributed by atoms with E-state index in [1.165, 1.54) is 0 Å². The van der Waals surface area contributed by atoms with E-state index in [1.807, 2.05) is 13.8 Å². The second kappa shape index (κ2) is 9.88. The summed E-state index contributed by atoms with van der Waals surface area (Å²) in [7, 11) is 0. The summed E-state index contributed by atoms with van der Waals surface area (Å²) in [5.41, 5.74) is 0. The molecule has 1 saturated heterocycles. The topological polar surface area (TPSA) is 87.7 Å². The third-order valence-corrected chi connectivity index (χ3v) is 4.28. The van der Waals surface area contributed by atoms with Crippen LogP contribution in [0.15, 0.2) is 0 Å². The number of rotatable bonds is 9. The molecule has 6 heteroatoms. The van der Waals surface area contributed by atoms with Gasteiger partial charge < -0.3 is 20.5 Å². The van der Waals surface area contributed by atoms with E-state index >= 15 is 0 Å². The standard InChI is InChI=1S/C17H32N2O4/c1-5-7-12(8-6-2)15(20)19-14(11(3)4)16(21)18-13-9-10-23-17(13)22/h11-14,17,22H,5-10H2,1-4H3,(H,18,21)(H,19,20)/t13-,14-,17?/m0/s1. The van der Waals surface area contributed by atoms with Crippen molar-refractivity contribution in [2.24, 2.45) is 11.8 Å². The van der Waals surface area contributed by atoms with E-state index in [4.69, 9.17) is 4.74 Å². The van der Waals surface area contributed by atoms with Gasteiger partial charge in [0.15, 0.2) is 6.29 Å². The molecule has 0 aromatic carbocycles. The second-order valence-corrected chi connectivity index (χ2v) is 6.67. The molecule has 1 aliphatic rings. The molecule has 6 nitrogen and oxygen atoms in total. The summed E-state index contributed by atoms with van der Waals surface area (Å²) in [4.78, 5) is 24.9. The van der Waals surface area contributed by atoms with Gasteiger partial charge in [-0.25, -0.2) is 0 Å². The van der Waals surface area contributed by atoms with Gasteiger partial charge in [0, 0.05) is 5.92 Å². The predicted octanol–water partition coefficient (Wildman–Crippen LogP) is 1.57. The molecule has 1 heterocycles. The summed E-state index contributed by atoms with van der Waals surface area (Å²) >= 11 is 0. The first-order chi connectivity index (χ1) is 10.9. The van der Waals surface area contributed by atoms with Crippen LogP contribution >= 0.6 is 0 Å². The van der Waals surface area contributed by atoms with Crippen LogP contribution in [0.4, 0.5) is 0 Å². The molecule has 0 saturated carbocycles. The van der Waals surface area contributed by atoms with Crippen LogP contribution in [0.2, 0.25) is 0 Å². The average Bonchev–Trinajstić information content (AvgIpc) is 2.89. The van der Waals surface area contributed by atoms with Gasteiger partial charge >= 0.3 is 0 Å². The number of carbonyl (C=O) groups excluding carboxylic acids is 2. The maximum absolute atomic E-state index is 12.5. The maximum Gasteiger partial charge on any atom is 0.243 e. The van der Waals surface area contributed by atoms with Gasteiger partial charge in [0.05, 0.1) is 12.6 Å².